The minimum absolute atomic E-state index is 0.736. The van der Waals surface area contributed by atoms with Crippen LogP contribution in [-0.2, 0) is 6.54 Å². The van der Waals surface area contributed by atoms with Gasteiger partial charge in [0.1, 0.15) is 0 Å². The lowest BCUT2D eigenvalue weighted by atomic mass is 10.0. The van der Waals surface area contributed by atoms with E-state index in [1.54, 1.807) is 0 Å². The number of piperidine rings is 1. The lowest BCUT2D eigenvalue weighted by Gasteiger charge is -2.34. The van der Waals surface area contributed by atoms with Crippen molar-refractivity contribution in [2.75, 3.05) is 11.9 Å². The first-order valence-corrected chi connectivity index (χ1v) is 8.07. The van der Waals surface area contributed by atoms with Gasteiger partial charge in [0.2, 0.25) is 0 Å². The molecule has 0 aliphatic carbocycles. The second kappa shape index (κ2) is 5.80. The third kappa shape index (κ3) is 3.29. The van der Waals surface area contributed by atoms with E-state index in [-0.39, 0.29) is 0 Å². The van der Waals surface area contributed by atoms with Gasteiger partial charge in [-0.3, -0.25) is 4.90 Å². The van der Waals surface area contributed by atoms with E-state index in [1.165, 1.54) is 34.5 Å². The largest absolute Gasteiger partial charge is 0.294 e. The summed E-state index contributed by atoms with van der Waals surface area (Å²) < 4.78 is 1.24. The number of likely N-dealkylation sites (tertiary alicyclic amines) is 1. The van der Waals surface area contributed by atoms with Gasteiger partial charge in [-0.15, -0.1) is 11.3 Å². The van der Waals surface area contributed by atoms with Gasteiger partial charge in [-0.2, -0.15) is 0 Å². The SMILES string of the molecule is BrCC1CCCCN1Cc1ccc(Br)s1. The van der Waals surface area contributed by atoms with Gasteiger partial charge in [-0.1, -0.05) is 22.4 Å². The lowest BCUT2D eigenvalue weighted by Crippen LogP contribution is -2.39. The molecule has 0 amide bonds. The average Bonchev–Trinajstić information content (AvgIpc) is 2.65. The molecular formula is C11H15Br2NS. The fourth-order valence-corrected chi connectivity index (χ4v) is 4.32. The van der Waals surface area contributed by atoms with Crippen LogP contribution in [0.4, 0.5) is 0 Å². The Morgan fingerprint density at radius 1 is 1.40 bits per heavy atom. The Bertz CT molecular complexity index is 313. The minimum Gasteiger partial charge on any atom is -0.294 e. The highest BCUT2D eigenvalue weighted by Crippen LogP contribution is 2.26. The fraction of sp³-hybridized carbons (Fsp3) is 0.636. The first kappa shape index (κ1) is 12.1. The molecule has 1 aliphatic heterocycles. The van der Waals surface area contributed by atoms with Crippen molar-refractivity contribution in [3.63, 3.8) is 0 Å². The zero-order chi connectivity index (χ0) is 10.7. The zero-order valence-electron chi connectivity index (χ0n) is 8.59. The Balaban J connectivity index is 1.97. The van der Waals surface area contributed by atoms with Crippen LogP contribution in [0.2, 0.25) is 0 Å². The van der Waals surface area contributed by atoms with E-state index in [0.29, 0.717) is 0 Å². The molecule has 0 spiro atoms. The number of nitrogens with zero attached hydrogens (tertiary/aromatic N) is 1. The van der Waals surface area contributed by atoms with Gasteiger partial charge < -0.3 is 0 Å². The molecule has 1 fully saturated rings. The first-order valence-electron chi connectivity index (χ1n) is 5.34. The van der Waals surface area contributed by atoms with Crippen LogP contribution in [0.15, 0.2) is 15.9 Å². The van der Waals surface area contributed by atoms with Crippen LogP contribution in [-0.4, -0.2) is 22.8 Å². The maximum absolute atomic E-state index is 3.62. The quantitative estimate of drug-likeness (QED) is 0.734. The molecule has 1 aliphatic rings. The number of hydrogen-bond acceptors (Lipinski definition) is 2. The van der Waals surface area contributed by atoms with Crippen molar-refractivity contribution >= 4 is 43.2 Å². The summed E-state index contributed by atoms with van der Waals surface area (Å²) in [5.74, 6) is 0. The number of alkyl halides is 1. The van der Waals surface area contributed by atoms with Crippen LogP contribution in [0, 0.1) is 0 Å². The number of thiophene rings is 1. The van der Waals surface area contributed by atoms with E-state index >= 15 is 0 Å². The molecule has 1 aromatic rings. The number of rotatable bonds is 3. The van der Waals surface area contributed by atoms with Crippen LogP contribution in [0.25, 0.3) is 0 Å². The van der Waals surface area contributed by atoms with Crippen molar-refractivity contribution < 1.29 is 0 Å². The second-order valence-electron chi connectivity index (χ2n) is 3.98. The molecule has 2 heterocycles. The summed E-state index contributed by atoms with van der Waals surface area (Å²) in [7, 11) is 0. The normalized spacial score (nSPS) is 23.2. The van der Waals surface area contributed by atoms with Crippen molar-refractivity contribution in [3.05, 3.63) is 20.8 Å². The molecule has 0 radical (unpaired) electrons. The zero-order valence-corrected chi connectivity index (χ0v) is 12.6. The molecule has 1 saturated heterocycles. The first-order chi connectivity index (χ1) is 7.29. The van der Waals surface area contributed by atoms with Crippen molar-refractivity contribution in [2.24, 2.45) is 0 Å². The van der Waals surface area contributed by atoms with Gasteiger partial charge in [0.05, 0.1) is 3.79 Å². The molecule has 0 aromatic carbocycles. The maximum atomic E-state index is 3.62. The van der Waals surface area contributed by atoms with Crippen molar-refractivity contribution in [1.29, 1.82) is 0 Å². The Kier molecular flexibility index (Phi) is 4.68. The van der Waals surface area contributed by atoms with Crippen molar-refractivity contribution in [3.8, 4) is 0 Å². The van der Waals surface area contributed by atoms with Gasteiger partial charge >= 0.3 is 0 Å². The van der Waals surface area contributed by atoms with E-state index in [0.717, 1.165) is 17.9 Å². The molecule has 84 valence electrons. The number of hydrogen-bond donors (Lipinski definition) is 0. The fourth-order valence-electron chi connectivity index (χ4n) is 2.08. The Labute approximate surface area is 112 Å². The van der Waals surface area contributed by atoms with E-state index in [2.05, 4.69) is 48.9 Å². The highest BCUT2D eigenvalue weighted by molar-refractivity contribution is 9.11. The van der Waals surface area contributed by atoms with Crippen LogP contribution >= 0.6 is 43.2 Å². The lowest BCUT2D eigenvalue weighted by molar-refractivity contribution is 0.158. The van der Waals surface area contributed by atoms with E-state index in [4.69, 9.17) is 0 Å². The molecule has 1 atom stereocenters. The summed E-state index contributed by atoms with van der Waals surface area (Å²) in [5, 5.41) is 1.11. The monoisotopic (exact) mass is 351 g/mol. The van der Waals surface area contributed by atoms with Crippen LogP contribution < -0.4 is 0 Å². The van der Waals surface area contributed by atoms with Crippen LogP contribution in [0.5, 0.6) is 0 Å². The molecule has 1 aromatic heterocycles. The van der Waals surface area contributed by atoms with Crippen molar-refractivity contribution in [1.82, 2.24) is 4.90 Å². The standard InChI is InChI=1S/C11H15Br2NS/c12-7-9-3-1-2-6-14(9)8-10-4-5-11(13)15-10/h4-5,9H,1-3,6-8H2. The summed E-state index contributed by atoms with van der Waals surface area (Å²) in [6.07, 6.45) is 4.09. The Morgan fingerprint density at radius 2 is 2.27 bits per heavy atom. The predicted octanol–water partition coefficient (Wildman–Crippen LogP) is 4.26. The van der Waals surface area contributed by atoms with E-state index < -0.39 is 0 Å². The van der Waals surface area contributed by atoms with Crippen molar-refractivity contribution in [2.45, 2.75) is 31.8 Å². The molecule has 4 heteroatoms. The van der Waals surface area contributed by atoms with Gasteiger partial charge in [0, 0.05) is 22.8 Å². The summed E-state index contributed by atoms with van der Waals surface area (Å²) in [4.78, 5) is 4.08. The van der Waals surface area contributed by atoms with Crippen LogP contribution in [0.3, 0.4) is 0 Å². The van der Waals surface area contributed by atoms with Gasteiger partial charge in [-0.25, -0.2) is 0 Å². The molecule has 0 bridgehead atoms. The second-order valence-corrected chi connectivity index (χ2v) is 7.18. The molecule has 1 nitrogen and oxygen atoms in total. The highest BCUT2D eigenvalue weighted by atomic mass is 79.9. The molecular weight excluding hydrogens is 338 g/mol. The van der Waals surface area contributed by atoms with Gasteiger partial charge in [-0.05, 0) is 47.4 Å². The van der Waals surface area contributed by atoms with Crippen LogP contribution in [0.1, 0.15) is 24.1 Å². The number of halogens is 2. The molecule has 15 heavy (non-hydrogen) atoms. The third-order valence-corrected chi connectivity index (χ3v) is 5.27. The van der Waals surface area contributed by atoms with E-state index in [9.17, 15) is 0 Å². The third-order valence-electron chi connectivity index (χ3n) is 2.91. The maximum Gasteiger partial charge on any atom is 0.0701 e. The van der Waals surface area contributed by atoms with Gasteiger partial charge in [0.15, 0.2) is 0 Å². The Hall–Kier alpha value is 0.620. The summed E-state index contributed by atoms with van der Waals surface area (Å²) in [6.45, 7) is 2.37. The topological polar surface area (TPSA) is 3.24 Å². The Morgan fingerprint density at radius 3 is 2.93 bits per heavy atom. The van der Waals surface area contributed by atoms with E-state index in [1.807, 2.05) is 11.3 Å². The molecule has 0 saturated carbocycles. The predicted molar refractivity (Wildman–Crippen MR) is 73.9 cm³/mol. The minimum atomic E-state index is 0.736. The average molecular weight is 353 g/mol. The van der Waals surface area contributed by atoms with Gasteiger partial charge in [0.25, 0.3) is 0 Å². The molecule has 2 rings (SSSR count). The summed E-state index contributed by atoms with van der Waals surface area (Å²) in [6, 6.07) is 5.11. The highest BCUT2D eigenvalue weighted by Gasteiger charge is 2.21. The summed E-state index contributed by atoms with van der Waals surface area (Å²) in [5.41, 5.74) is 0. The smallest absolute Gasteiger partial charge is 0.0701 e. The molecule has 1 unspecified atom stereocenters. The molecule has 0 N–H and O–H groups in total. The summed E-state index contributed by atoms with van der Waals surface area (Å²) >= 11 is 9.00.